The molecule has 0 radical (unpaired) electrons. The third kappa shape index (κ3) is 7.53. The number of ether oxygens (including phenoxy) is 3. The maximum absolute atomic E-state index is 14.9. The fraction of sp³-hybridized carbons (Fsp3) is 0.206. The molecule has 1 aliphatic heterocycles. The Labute approximate surface area is 267 Å². The molecule has 1 aliphatic rings. The minimum atomic E-state index is -1.75. The number of carbonyl (C=O) groups excluding carboxylic acids is 2. The van der Waals surface area contributed by atoms with Gasteiger partial charge in [-0.15, -0.1) is 0 Å². The van der Waals surface area contributed by atoms with Crippen molar-refractivity contribution < 1.29 is 47.0 Å². The number of ketones is 1. The van der Waals surface area contributed by atoms with Crippen LogP contribution in [0.3, 0.4) is 0 Å². The van der Waals surface area contributed by atoms with E-state index in [1.54, 1.807) is 12.1 Å². The third-order valence-electron chi connectivity index (χ3n) is 7.62. The molecule has 1 N–H and O–H groups in total. The number of nitrogens with zero attached hydrogens (tertiary/aromatic N) is 3. The Balaban J connectivity index is 1.03. The maximum atomic E-state index is 14.9. The van der Waals surface area contributed by atoms with Crippen molar-refractivity contribution >= 4 is 18.1 Å². The quantitative estimate of drug-likeness (QED) is 0.0966. The lowest BCUT2D eigenvalue weighted by Gasteiger charge is -2.38. The van der Waals surface area contributed by atoms with Gasteiger partial charge in [-0.3, -0.25) is 9.69 Å². The van der Waals surface area contributed by atoms with Gasteiger partial charge in [0.15, 0.2) is 12.4 Å². The smallest absolute Gasteiger partial charge is 0.461 e. The molecular formula is C34H28FN3O9. The number of piperidine rings is 1. The van der Waals surface area contributed by atoms with E-state index in [0.29, 0.717) is 42.1 Å². The molecule has 0 saturated carbocycles. The van der Waals surface area contributed by atoms with E-state index in [4.69, 9.17) is 23.2 Å². The molecule has 13 heteroatoms. The normalized spacial score (nSPS) is 14.3. The average molecular weight is 642 g/mol. The maximum Gasteiger partial charge on any atom is 0.512 e. The van der Waals surface area contributed by atoms with Gasteiger partial charge in [-0.25, -0.2) is 14.0 Å². The summed E-state index contributed by atoms with van der Waals surface area (Å²) in [5.74, 6) is -2.17. The first-order valence-corrected chi connectivity index (χ1v) is 14.6. The number of carboxylic acid groups (broad SMARTS) is 1. The minimum Gasteiger partial charge on any atom is -0.461 e. The van der Waals surface area contributed by atoms with E-state index in [1.807, 2.05) is 59.5 Å². The summed E-state index contributed by atoms with van der Waals surface area (Å²) in [6, 6.07) is 24.5. The number of rotatable bonds is 10. The van der Waals surface area contributed by atoms with Crippen LogP contribution in [0.1, 0.15) is 29.0 Å². The van der Waals surface area contributed by atoms with Crippen molar-refractivity contribution in [2.24, 2.45) is 0 Å². The molecule has 5 aromatic rings. The Bertz CT molecular complexity index is 1850. The zero-order valence-electron chi connectivity index (χ0n) is 24.8. The van der Waals surface area contributed by atoms with Crippen molar-refractivity contribution in [2.75, 3.05) is 19.7 Å². The molecular weight excluding hydrogens is 613 g/mol. The Morgan fingerprint density at radius 2 is 1.64 bits per heavy atom. The van der Waals surface area contributed by atoms with Crippen LogP contribution in [-0.4, -0.2) is 63.7 Å². The molecule has 0 amide bonds. The summed E-state index contributed by atoms with van der Waals surface area (Å²) in [7, 11) is 0. The Hall–Kier alpha value is -5.82. The van der Waals surface area contributed by atoms with E-state index in [1.165, 1.54) is 24.5 Å². The van der Waals surface area contributed by atoms with Crippen LogP contribution in [0.4, 0.5) is 14.0 Å². The zero-order chi connectivity index (χ0) is 32.8. The average Bonchev–Trinajstić information content (AvgIpc) is 3.79. The largest absolute Gasteiger partial charge is 0.512 e. The lowest BCUT2D eigenvalue weighted by Crippen LogP contribution is -2.49. The molecule has 2 aromatic heterocycles. The molecule has 12 nitrogen and oxygen atoms in total. The molecule has 3 heterocycles. The van der Waals surface area contributed by atoms with Crippen LogP contribution in [0.5, 0.6) is 0 Å². The fourth-order valence-corrected chi connectivity index (χ4v) is 5.23. The molecule has 240 valence electrons. The number of furan rings is 1. The predicted octanol–water partition coefficient (Wildman–Crippen LogP) is 6.83. The van der Waals surface area contributed by atoms with Crippen molar-refractivity contribution in [1.29, 1.82) is 0 Å². The number of hydrogen-bond acceptors (Lipinski definition) is 11. The van der Waals surface area contributed by atoms with Crippen LogP contribution in [0.15, 0.2) is 100 Å². The van der Waals surface area contributed by atoms with E-state index < -0.39 is 36.3 Å². The zero-order valence-corrected chi connectivity index (χ0v) is 24.8. The first-order chi connectivity index (χ1) is 22.8. The molecule has 3 aromatic carbocycles. The van der Waals surface area contributed by atoms with Gasteiger partial charge in [-0.1, -0.05) is 65.8 Å². The number of Topliss-reactive ketones (excluding diaryl/α,β-unsaturated/α-hetero) is 1. The molecule has 6 rings (SSSR count). The van der Waals surface area contributed by atoms with Crippen molar-refractivity contribution in [3.8, 4) is 34.0 Å². The van der Waals surface area contributed by atoms with Gasteiger partial charge in [0.1, 0.15) is 5.82 Å². The Morgan fingerprint density at radius 3 is 2.32 bits per heavy atom. The van der Waals surface area contributed by atoms with Crippen LogP contribution in [0.25, 0.3) is 34.0 Å². The highest BCUT2D eigenvalue weighted by atomic mass is 19.1. The van der Waals surface area contributed by atoms with Gasteiger partial charge >= 0.3 is 12.3 Å². The molecule has 1 fully saturated rings. The second kappa shape index (κ2) is 13.7. The van der Waals surface area contributed by atoms with Gasteiger partial charge in [0.05, 0.1) is 6.26 Å². The summed E-state index contributed by atoms with van der Waals surface area (Å²) in [5.41, 5.74) is 3.37. The first-order valence-electron chi connectivity index (χ1n) is 14.6. The summed E-state index contributed by atoms with van der Waals surface area (Å²) < 4.78 is 40.4. The number of benzene rings is 3. The summed E-state index contributed by atoms with van der Waals surface area (Å²) in [4.78, 5) is 42.2. The first kappa shape index (κ1) is 31.2. The van der Waals surface area contributed by atoms with Crippen molar-refractivity contribution in [2.45, 2.75) is 25.2 Å². The van der Waals surface area contributed by atoms with E-state index in [2.05, 4.69) is 10.1 Å². The van der Waals surface area contributed by atoms with E-state index in [0.717, 1.165) is 11.1 Å². The molecule has 1 saturated heterocycles. The highest BCUT2D eigenvalue weighted by Crippen LogP contribution is 2.31. The van der Waals surface area contributed by atoms with Crippen molar-refractivity contribution in [3.05, 3.63) is 108 Å². The van der Waals surface area contributed by atoms with Crippen molar-refractivity contribution in [1.82, 2.24) is 15.0 Å². The SMILES string of the molecule is O=C(O)OC1(OC(=O)OCC(=O)c2ccco2)CCN(Cc2ccc(-c3noc(-c4ccc(-c5ccccc5)c(F)c4)n3)cc2)CC1. The van der Waals surface area contributed by atoms with Crippen LogP contribution in [-0.2, 0) is 20.8 Å². The number of hydrogen-bond donors (Lipinski definition) is 1. The molecule has 47 heavy (non-hydrogen) atoms. The standard InChI is InChI=1S/C34H28FN3O9/c35-27-19-25(12-13-26(27)23-5-2-1-3-6-23)31-36-30(37-47-31)24-10-8-22(9-11-24)20-38-16-14-34(15-17-38,45-32(40)41)46-33(42)44-21-28(39)29-7-4-18-43-29/h1-13,18-19H,14-17,20-21H2,(H,40,41). The lowest BCUT2D eigenvalue weighted by molar-refractivity contribution is -0.208. The molecule has 0 spiro atoms. The molecule has 0 aliphatic carbocycles. The number of aromatic nitrogens is 2. The van der Waals surface area contributed by atoms with Gasteiger partial charge < -0.3 is 28.3 Å². The molecule has 0 bridgehead atoms. The predicted molar refractivity (Wildman–Crippen MR) is 162 cm³/mol. The van der Waals surface area contributed by atoms with Crippen LogP contribution in [0, 0.1) is 5.82 Å². The van der Waals surface area contributed by atoms with Crippen LogP contribution in [0.2, 0.25) is 0 Å². The number of likely N-dealkylation sites (tertiary alicyclic amines) is 1. The lowest BCUT2D eigenvalue weighted by atomic mass is 10.0. The number of carbonyl (C=O) groups is 3. The van der Waals surface area contributed by atoms with Crippen LogP contribution < -0.4 is 0 Å². The van der Waals surface area contributed by atoms with Gasteiger partial charge in [0.2, 0.25) is 11.6 Å². The topological polar surface area (TPSA) is 154 Å². The highest BCUT2D eigenvalue weighted by molar-refractivity contribution is 5.95. The highest BCUT2D eigenvalue weighted by Gasteiger charge is 2.43. The summed E-state index contributed by atoms with van der Waals surface area (Å²) in [6.07, 6.45) is -1.42. The Kier molecular flexibility index (Phi) is 9.06. The van der Waals surface area contributed by atoms with E-state index >= 15 is 0 Å². The Morgan fingerprint density at radius 1 is 0.894 bits per heavy atom. The van der Waals surface area contributed by atoms with E-state index in [-0.39, 0.29) is 24.5 Å². The second-order valence-corrected chi connectivity index (χ2v) is 10.8. The molecule has 0 atom stereocenters. The van der Waals surface area contributed by atoms with Gasteiger partial charge in [-0.2, -0.15) is 4.98 Å². The summed E-state index contributed by atoms with van der Waals surface area (Å²) >= 11 is 0. The fourth-order valence-electron chi connectivity index (χ4n) is 5.23. The summed E-state index contributed by atoms with van der Waals surface area (Å²) in [5, 5.41) is 13.3. The van der Waals surface area contributed by atoms with Gasteiger partial charge in [0, 0.05) is 49.2 Å². The van der Waals surface area contributed by atoms with Crippen LogP contribution >= 0.6 is 0 Å². The van der Waals surface area contributed by atoms with Gasteiger partial charge in [-0.05, 0) is 35.4 Å². The molecule has 0 unspecified atom stereocenters. The van der Waals surface area contributed by atoms with Crippen molar-refractivity contribution in [3.63, 3.8) is 0 Å². The van der Waals surface area contributed by atoms with Gasteiger partial charge in [0.25, 0.3) is 11.7 Å². The van der Waals surface area contributed by atoms with E-state index in [9.17, 15) is 23.9 Å². The summed E-state index contributed by atoms with van der Waals surface area (Å²) in [6.45, 7) is 0.585. The minimum absolute atomic E-state index is 0.0133. The monoisotopic (exact) mass is 641 g/mol. The third-order valence-corrected chi connectivity index (χ3v) is 7.62. The second-order valence-electron chi connectivity index (χ2n) is 10.8. The number of halogens is 1.